The molecule has 0 aliphatic heterocycles. The van der Waals surface area contributed by atoms with Gasteiger partial charge in [0.2, 0.25) is 5.91 Å². The summed E-state index contributed by atoms with van der Waals surface area (Å²) in [7, 11) is 1.85. The highest BCUT2D eigenvalue weighted by atomic mass is 16.2. The Kier molecular flexibility index (Phi) is 4.84. The lowest BCUT2D eigenvalue weighted by atomic mass is 10.0. The fourth-order valence-corrected chi connectivity index (χ4v) is 2.37. The fourth-order valence-electron chi connectivity index (χ4n) is 2.37. The molecule has 0 aliphatic rings. The fraction of sp³-hybridized carbons (Fsp3) is 0.389. The second kappa shape index (κ2) is 6.61. The molecule has 0 saturated heterocycles. The Bertz CT molecular complexity index is 587. The first-order chi connectivity index (χ1) is 9.99. The third-order valence-corrected chi connectivity index (χ3v) is 3.90. The van der Waals surface area contributed by atoms with Crippen molar-refractivity contribution in [1.82, 2.24) is 4.57 Å². The second-order valence-electron chi connectivity index (χ2n) is 5.89. The van der Waals surface area contributed by atoms with Crippen LogP contribution in [-0.2, 0) is 4.79 Å². The molecule has 0 fully saturated rings. The minimum Gasteiger partial charge on any atom is -0.351 e. The standard InChI is InChI=1S/C18H24N2O/c1-14(2)16-8-7-9-17(13-16)19(4)18(21)12-15(3)20-10-5-6-11-20/h5-11,13-15H,12H2,1-4H3. The summed E-state index contributed by atoms with van der Waals surface area (Å²) in [5.41, 5.74) is 2.22. The first-order valence-corrected chi connectivity index (χ1v) is 7.48. The molecule has 21 heavy (non-hydrogen) atoms. The molecule has 0 saturated carbocycles. The van der Waals surface area contributed by atoms with Crippen molar-refractivity contribution in [2.75, 3.05) is 11.9 Å². The number of benzene rings is 1. The molecule has 112 valence electrons. The molecule has 1 aromatic carbocycles. The monoisotopic (exact) mass is 284 g/mol. The van der Waals surface area contributed by atoms with Crippen LogP contribution in [0.5, 0.6) is 0 Å². The van der Waals surface area contributed by atoms with Crippen LogP contribution in [0, 0.1) is 0 Å². The maximum Gasteiger partial charge on any atom is 0.228 e. The van der Waals surface area contributed by atoms with E-state index in [1.807, 2.05) is 43.7 Å². The van der Waals surface area contributed by atoms with Crippen molar-refractivity contribution >= 4 is 11.6 Å². The highest BCUT2D eigenvalue weighted by molar-refractivity contribution is 5.93. The predicted molar refractivity (Wildman–Crippen MR) is 87.7 cm³/mol. The molecule has 2 aromatic rings. The SMILES string of the molecule is CC(C)c1cccc(N(C)C(=O)CC(C)n2cccc2)c1. The largest absolute Gasteiger partial charge is 0.351 e. The molecule has 1 atom stereocenters. The summed E-state index contributed by atoms with van der Waals surface area (Å²) >= 11 is 0. The lowest BCUT2D eigenvalue weighted by Crippen LogP contribution is -2.28. The van der Waals surface area contributed by atoms with Crippen molar-refractivity contribution in [2.45, 2.75) is 39.2 Å². The molecule has 1 amide bonds. The molecule has 0 spiro atoms. The number of carbonyl (C=O) groups is 1. The van der Waals surface area contributed by atoms with E-state index in [0.717, 1.165) is 5.69 Å². The van der Waals surface area contributed by atoms with Crippen LogP contribution < -0.4 is 4.90 Å². The van der Waals surface area contributed by atoms with Crippen LogP contribution in [-0.4, -0.2) is 17.5 Å². The average molecular weight is 284 g/mol. The van der Waals surface area contributed by atoms with Crippen LogP contribution in [0.3, 0.4) is 0 Å². The van der Waals surface area contributed by atoms with E-state index in [9.17, 15) is 4.79 Å². The van der Waals surface area contributed by atoms with Crippen LogP contribution in [0.25, 0.3) is 0 Å². The molecule has 3 nitrogen and oxygen atoms in total. The zero-order valence-electron chi connectivity index (χ0n) is 13.3. The van der Waals surface area contributed by atoms with Gasteiger partial charge in [-0.15, -0.1) is 0 Å². The van der Waals surface area contributed by atoms with E-state index < -0.39 is 0 Å². The van der Waals surface area contributed by atoms with E-state index in [1.54, 1.807) is 4.90 Å². The van der Waals surface area contributed by atoms with Crippen molar-refractivity contribution in [2.24, 2.45) is 0 Å². The number of hydrogen-bond acceptors (Lipinski definition) is 1. The quantitative estimate of drug-likeness (QED) is 0.806. The van der Waals surface area contributed by atoms with E-state index >= 15 is 0 Å². The Morgan fingerprint density at radius 1 is 1.14 bits per heavy atom. The third-order valence-electron chi connectivity index (χ3n) is 3.90. The summed E-state index contributed by atoms with van der Waals surface area (Å²) in [5.74, 6) is 0.601. The van der Waals surface area contributed by atoms with Gasteiger partial charge in [0.1, 0.15) is 0 Å². The van der Waals surface area contributed by atoms with Gasteiger partial charge in [-0.25, -0.2) is 0 Å². The zero-order valence-corrected chi connectivity index (χ0v) is 13.3. The summed E-state index contributed by atoms with van der Waals surface area (Å²) in [4.78, 5) is 14.2. The van der Waals surface area contributed by atoms with Crippen molar-refractivity contribution in [3.05, 3.63) is 54.4 Å². The third kappa shape index (κ3) is 3.75. The highest BCUT2D eigenvalue weighted by Gasteiger charge is 2.16. The van der Waals surface area contributed by atoms with Crippen LogP contribution in [0.4, 0.5) is 5.69 Å². The Balaban J connectivity index is 2.07. The second-order valence-corrected chi connectivity index (χ2v) is 5.89. The maximum atomic E-state index is 12.4. The molecule has 0 aliphatic carbocycles. The highest BCUT2D eigenvalue weighted by Crippen LogP contribution is 2.22. The first-order valence-electron chi connectivity index (χ1n) is 7.48. The van der Waals surface area contributed by atoms with E-state index in [4.69, 9.17) is 0 Å². The molecule has 1 heterocycles. The summed E-state index contributed by atoms with van der Waals surface area (Å²) in [6.07, 6.45) is 4.49. The Morgan fingerprint density at radius 2 is 1.81 bits per heavy atom. The number of hydrogen-bond donors (Lipinski definition) is 0. The van der Waals surface area contributed by atoms with E-state index in [2.05, 4.69) is 37.5 Å². The minimum atomic E-state index is 0.136. The van der Waals surface area contributed by atoms with Gasteiger partial charge in [-0.2, -0.15) is 0 Å². The van der Waals surface area contributed by atoms with Crippen LogP contribution in [0.2, 0.25) is 0 Å². The Hall–Kier alpha value is -2.03. The first kappa shape index (κ1) is 15.4. The van der Waals surface area contributed by atoms with Crippen LogP contribution in [0.1, 0.15) is 44.7 Å². The van der Waals surface area contributed by atoms with Crippen molar-refractivity contribution in [3.63, 3.8) is 0 Å². The molecule has 0 bridgehead atoms. The number of carbonyl (C=O) groups excluding carboxylic acids is 1. The molecule has 0 N–H and O–H groups in total. The number of aromatic nitrogens is 1. The maximum absolute atomic E-state index is 12.4. The van der Waals surface area contributed by atoms with Gasteiger partial charge in [0.05, 0.1) is 0 Å². The van der Waals surface area contributed by atoms with Gasteiger partial charge >= 0.3 is 0 Å². The molecule has 3 heteroatoms. The number of rotatable bonds is 5. The van der Waals surface area contributed by atoms with Gasteiger partial charge in [-0.3, -0.25) is 4.79 Å². The van der Waals surface area contributed by atoms with E-state index in [0.29, 0.717) is 12.3 Å². The van der Waals surface area contributed by atoms with Gasteiger partial charge in [0.15, 0.2) is 0 Å². The number of anilines is 1. The van der Waals surface area contributed by atoms with Crippen molar-refractivity contribution in [3.8, 4) is 0 Å². The lowest BCUT2D eigenvalue weighted by Gasteiger charge is -2.21. The van der Waals surface area contributed by atoms with Crippen molar-refractivity contribution in [1.29, 1.82) is 0 Å². The van der Waals surface area contributed by atoms with E-state index in [1.165, 1.54) is 5.56 Å². The summed E-state index contributed by atoms with van der Waals surface area (Å²) in [6, 6.07) is 12.3. The van der Waals surface area contributed by atoms with Gasteiger partial charge in [0.25, 0.3) is 0 Å². The van der Waals surface area contributed by atoms with Crippen LogP contribution >= 0.6 is 0 Å². The molecular weight excluding hydrogens is 260 g/mol. The summed E-state index contributed by atoms with van der Waals surface area (Å²) in [6.45, 7) is 6.39. The van der Waals surface area contributed by atoms with Gasteiger partial charge < -0.3 is 9.47 Å². The summed E-state index contributed by atoms with van der Waals surface area (Å²) in [5, 5.41) is 0. The zero-order chi connectivity index (χ0) is 15.4. The van der Waals surface area contributed by atoms with Crippen molar-refractivity contribution < 1.29 is 4.79 Å². The average Bonchev–Trinajstić information content (AvgIpc) is 3.00. The molecule has 1 unspecified atom stereocenters. The minimum absolute atomic E-state index is 0.136. The Labute approximate surface area is 127 Å². The molecular formula is C18H24N2O. The number of amides is 1. The van der Waals surface area contributed by atoms with Crippen LogP contribution in [0.15, 0.2) is 48.8 Å². The van der Waals surface area contributed by atoms with Gasteiger partial charge in [-0.05, 0) is 42.7 Å². The topological polar surface area (TPSA) is 25.2 Å². The Morgan fingerprint density at radius 3 is 2.43 bits per heavy atom. The summed E-state index contributed by atoms with van der Waals surface area (Å²) < 4.78 is 2.07. The van der Waals surface area contributed by atoms with Gasteiger partial charge in [-0.1, -0.05) is 26.0 Å². The smallest absolute Gasteiger partial charge is 0.228 e. The predicted octanol–water partition coefficient (Wildman–Crippen LogP) is 4.23. The lowest BCUT2D eigenvalue weighted by molar-refractivity contribution is -0.119. The molecule has 0 radical (unpaired) electrons. The van der Waals surface area contributed by atoms with E-state index in [-0.39, 0.29) is 11.9 Å². The molecule has 2 rings (SSSR count). The normalized spacial score (nSPS) is 12.4. The molecule has 1 aromatic heterocycles. The van der Waals surface area contributed by atoms with Gasteiger partial charge in [0, 0.05) is 37.6 Å². The number of nitrogens with zero attached hydrogens (tertiary/aromatic N) is 2.